The lowest BCUT2D eigenvalue weighted by Gasteiger charge is -2.29. The number of rotatable bonds is 4. The molecule has 9 rings (SSSR count). The average molecular weight is 597 g/mol. The predicted molar refractivity (Wildman–Crippen MR) is 189 cm³/mol. The van der Waals surface area contributed by atoms with Crippen LogP contribution in [0.3, 0.4) is 0 Å². The number of aryl methyl sites for hydroxylation is 1. The molecule has 3 nitrogen and oxygen atoms in total. The Labute approximate surface area is 261 Å². The Kier molecular flexibility index (Phi) is 5.75. The molecule has 45 heavy (non-hydrogen) atoms. The minimum atomic E-state index is -3.12. The summed E-state index contributed by atoms with van der Waals surface area (Å²) in [5.74, 6) is 0.981. The van der Waals surface area contributed by atoms with Crippen LogP contribution in [0, 0.1) is 0 Å². The lowest BCUT2D eigenvalue weighted by atomic mass is 9.96. The molecule has 1 aliphatic heterocycles. The summed E-state index contributed by atoms with van der Waals surface area (Å²) in [6.07, 6.45) is 0.781. The second kappa shape index (κ2) is 9.89. The standard InChI is InChI=1S/C41H29N2OP/c1-2-40-42-36-13-8-14-39-41(36)43(40)37-26-34(21-22-38(37)45(39,44)35-11-4-3-5-12-35)33-20-19-31-24-30(17-18-32(31)25-33)29-16-15-27-9-6-7-10-28(27)23-29/h3-26H,2H2,1H3. The molecule has 214 valence electrons. The van der Waals surface area contributed by atoms with E-state index in [1.165, 1.54) is 32.7 Å². The van der Waals surface area contributed by atoms with Crippen LogP contribution in [-0.4, -0.2) is 9.55 Å². The molecule has 1 aromatic heterocycles. The van der Waals surface area contributed by atoms with Gasteiger partial charge in [0.1, 0.15) is 5.82 Å². The number of hydrogen-bond donors (Lipinski definition) is 0. The fraction of sp³-hybridized carbons (Fsp3) is 0.0488. The van der Waals surface area contributed by atoms with Gasteiger partial charge in [-0.1, -0.05) is 110 Å². The van der Waals surface area contributed by atoms with E-state index in [-0.39, 0.29) is 0 Å². The van der Waals surface area contributed by atoms with Gasteiger partial charge in [-0.3, -0.25) is 4.57 Å². The number of fused-ring (bicyclic) bond motifs is 4. The van der Waals surface area contributed by atoms with Crippen molar-refractivity contribution >= 4 is 55.6 Å². The van der Waals surface area contributed by atoms with Crippen LogP contribution >= 0.6 is 7.14 Å². The summed E-state index contributed by atoms with van der Waals surface area (Å²) in [5.41, 5.74) is 7.47. The van der Waals surface area contributed by atoms with Gasteiger partial charge in [0.05, 0.1) is 16.7 Å². The van der Waals surface area contributed by atoms with Gasteiger partial charge in [0.25, 0.3) is 0 Å². The smallest absolute Gasteiger partial charge is 0.175 e. The molecule has 1 unspecified atom stereocenters. The Balaban J connectivity index is 1.19. The molecule has 1 aliphatic rings. The zero-order valence-electron chi connectivity index (χ0n) is 24.8. The van der Waals surface area contributed by atoms with E-state index in [9.17, 15) is 0 Å². The van der Waals surface area contributed by atoms with E-state index in [4.69, 9.17) is 4.98 Å². The fourth-order valence-electron chi connectivity index (χ4n) is 7.08. The second-order valence-electron chi connectivity index (χ2n) is 11.8. The molecule has 0 N–H and O–H groups in total. The summed E-state index contributed by atoms with van der Waals surface area (Å²) in [4.78, 5) is 5.00. The maximum atomic E-state index is 15.4. The van der Waals surface area contributed by atoms with Gasteiger partial charge in [0.2, 0.25) is 0 Å². The van der Waals surface area contributed by atoms with Crippen LogP contribution in [0.15, 0.2) is 146 Å². The van der Waals surface area contributed by atoms with E-state index in [2.05, 4.69) is 109 Å². The van der Waals surface area contributed by atoms with Gasteiger partial charge in [-0.2, -0.15) is 0 Å². The van der Waals surface area contributed by atoms with Crippen LogP contribution in [0.2, 0.25) is 0 Å². The highest BCUT2D eigenvalue weighted by atomic mass is 31.2. The first kappa shape index (κ1) is 26.2. The Morgan fingerprint density at radius 1 is 0.556 bits per heavy atom. The van der Waals surface area contributed by atoms with E-state index in [0.717, 1.165) is 56.0 Å². The van der Waals surface area contributed by atoms with Crippen molar-refractivity contribution in [3.8, 4) is 27.9 Å². The summed E-state index contributed by atoms with van der Waals surface area (Å²) in [7, 11) is -3.12. The molecule has 0 bridgehead atoms. The number of para-hydroxylation sites is 1. The number of imidazole rings is 1. The van der Waals surface area contributed by atoms with Gasteiger partial charge in [-0.25, -0.2) is 4.98 Å². The van der Waals surface area contributed by atoms with Crippen molar-refractivity contribution in [2.45, 2.75) is 13.3 Å². The molecule has 0 amide bonds. The van der Waals surface area contributed by atoms with E-state index in [0.29, 0.717) is 0 Å². The Morgan fingerprint density at radius 2 is 1.13 bits per heavy atom. The second-order valence-corrected chi connectivity index (χ2v) is 14.5. The SMILES string of the molecule is CCc1nc2cccc3c2n1-c1cc(-c2ccc4cc(-c5ccc6ccccc6c5)ccc4c2)ccc1P3(=O)c1ccccc1. The maximum absolute atomic E-state index is 15.4. The van der Waals surface area contributed by atoms with Gasteiger partial charge in [0, 0.05) is 22.3 Å². The van der Waals surface area contributed by atoms with Gasteiger partial charge in [-0.05, 0) is 86.3 Å². The van der Waals surface area contributed by atoms with Crippen molar-refractivity contribution in [1.82, 2.24) is 9.55 Å². The summed E-state index contributed by atoms with van der Waals surface area (Å²) in [5, 5.41) is 7.48. The monoisotopic (exact) mass is 596 g/mol. The summed E-state index contributed by atoms with van der Waals surface area (Å²) >= 11 is 0. The molecule has 0 saturated heterocycles. The van der Waals surface area contributed by atoms with Crippen molar-refractivity contribution < 1.29 is 4.57 Å². The molecule has 1 atom stereocenters. The molecule has 8 aromatic rings. The molecule has 0 aliphatic carbocycles. The van der Waals surface area contributed by atoms with Crippen molar-refractivity contribution in [2.75, 3.05) is 0 Å². The molecule has 2 heterocycles. The number of hydrogen-bond acceptors (Lipinski definition) is 2. The average Bonchev–Trinajstić information content (AvgIpc) is 3.49. The first-order chi connectivity index (χ1) is 22.1. The van der Waals surface area contributed by atoms with Gasteiger partial charge >= 0.3 is 0 Å². The topological polar surface area (TPSA) is 34.9 Å². The summed E-state index contributed by atoms with van der Waals surface area (Å²) in [6.45, 7) is 2.13. The number of nitrogens with zero attached hydrogens (tertiary/aromatic N) is 2. The molecule has 4 heteroatoms. The molecule has 0 saturated carbocycles. The summed E-state index contributed by atoms with van der Waals surface area (Å²) in [6, 6.07) is 51.0. The number of aromatic nitrogens is 2. The van der Waals surface area contributed by atoms with Crippen LogP contribution in [0.4, 0.5) is 0 Å². The quantitative estimate of drug-likeness (QED) is 0.190. The number of benzene rings is 7. The Hall–Kier alpha value is -5.24. The minimum absolute atomic E-state index is 0.781. The lowest BCUT2D eigenvalue weighted by molar-refractivity contribution is 0.592. The van der Waals surface area contributed by atoms with Crippen molar-refractivity contribution in [2.24, 2.45) is 0 Å². The van der Waals surface area contributed by atoms with Gasteiger partial charge < -0.3 is 4.57 Å². The zero-order valence-corrected chi connectivity index (χ0v) is 25.7. The van der Waals surface area contributed by atoms with E-state index in [1.807, 2.05) is 48.5 Å². The van der Waals surface area contributed by atoms with Crippen LogP contribution in [0.1, 0.15) is 12.7 Å². The van der Waals surface area contributed by atoms with E-state index < -0.39 is 7.14 Å². The highest BCUT2D eigenvalue weighted by Crippen LogP contribution is 2.50. The van der Waals surface area contributed by atoms with Crippen molar-refractivity contribution in [3.63, 3.8) is 0 Å². The molecular formula is C41H29N2OP. The molecule has 0 radical (unpaired) electrons. The van der Waals surface area contributed by atoms with Crippen LogP contribution < -0.4 is 15.9 Å². The lowest BCUT2D eigenvalue weighted by Crippen LogP contribution is -2.33. The third-order valence-electron chi connectivity index (χ3n) is 9.31. The largest absolute Gasteiger partial charge is 0.308 e. The molecule has 0 fully saturated rings. The Morgan fingerprint density at radius 3 is 1.82 bits per heavy atom. The van der Waals surface area contributed by atoms with Gasteiger partial charge in [0.15, 0.2) is 7.14 Å². The van der Waals surface area contributed by atoms with Crippen LogP contribution in [0.5, 0.6) is 0 Å². The van der Waals surface area contributed by atoms with Crippen LogP contribution in [0.25, 0.3) is 60.5 Å². The third-order valence-corrected chi connectivity index (χ3v) is 12.4. The molecular weight excluding hydrogens is 567 g/mol. The predicted octanol–water partition coefficient (Wildman–Crippen LogP) is 9.18. The summed E-state index contributed by atoms with van der Waals surface area (Å²) < 4.78 is 17.6. The highest BCUT2D eigenvalue weighted by molar-refractivity contribution is 7.86. The maximum Gasteiger partial charge on any atom is 0.175 e. The van der Waals surface area contributed by atoms with Crippen molar-refractivity contribution in [3.05, 3.63) is 151 Å². The zero-order chi connectivity index (χ0) is 30.1. The van der Waals surface area contributed by atoms with E-state index in [1.54, 1.807) is 0 Å². The van der Waals surface area contributed by atoms with Crippen LogP contribution in [-0.2, 0) is 11.0 Å². The fourth-order valence-corrected chi connectivity index (χ4v) is 10.1. The molecule has 7 aromatic carbocycles. The normalized spacial score (nSPS) is 15.5. The first-order valence-electron chi connectivity index (χ1n) is 15.5. The Bertz CT molecular complexity index is 2510. The van der Waals surface area contributed by atoms with Crippen molar-refractivity contribution in [1.29, 1.82) is 0 Å². The first-order valence-corrected chi connectivity index (χ1v) is 17.2. The molecule has 0 spiro atoms. The minimum Gasteiger partial charge on any atom is -0.308 e. The van der Waals surface area contributed by atoms with Gasteiger partial charge in [-0.15, -0.1) is 0 Å². The van der Waals surface area contributed by atoms with E-state index >= 15 is 4.57 Å². The highest BCUT2D eigenvalue weighted by Gasteiger charge is 2.39. The third kappa shape index (κ3) is 3.91.